The average Bonchev–Trinajstić information content (AvgIpc) is 3.15. The smallest absolute Gasteiger partial charge is 0.349 e. The van der Waals surface area contributed by atoms with Crippen LogP contribution in [0.25, 0.3) is 0 Å². The molecule has 0 spiro atoms. The second-order valence-electron chi connectivity index (χ2n) is 4.57. The van der Waals surface area contributed by atoms with Crippen LogP contribution >= 0.6 is 11.3 Å². The van der Waals surface area contributed by atoms with Crippen LogP contribution in [0.3, 0.4) is 0 Å². The van der Waals surface area contributed by atoms with E-state index >= 15 is 0 Å². The summed E-state index contributed by atoms with van der Waals surface area (Å²) in [6.45, 7) is 0.324. The topological polar surface area (TPSA) is 50.7 Å². The number of rotatable bonds is 4. The number of nitrogens with one attached hydrogen (secondary N) is 1. The minimum absolute atomic E-state index is 0.0409. The van der Waals surface area contributed by atoms with E-state index in [9.17, 15) is 13.2 Å². The van der Waals surface area contributed by atoms with Crippen molar-refractivity contribution in [3.63, 3.8) is 0 Å². The Labute approximate surface area is 117 Å². The van der Waals surface area contributed by atoms with Crippen LogP contribution in [0.5, 0.6) is 0 Å². The number of hydrogen-bond donors (Lipinski definition) is 1. The molecular formula is C12H11F3N4S. The van der Waals surface area contributed by atoms with Gasteiger partial charge in [0.25, 0.3) is 0 Å². The van der Waals surface area contributed by atoms with Gasteiger partial charge in [-0.1, -0.05) is 0 Å². The summed E-state index contributed by atoms with van der Waals surface area (Å²) < 4.78 is 37.5. The van der Waals surface area contributed by atoms with Gasteiger partial charge in [0, 0.05) is 17.5 Å². The van der Waals surface area contributed by atoms with Crippen LogP contribution in [0.1, 0.15) is 35.2 Å². The van der Waals surface area contributed by atoms with Crippen molar-refractivity contribution in [3.05, 3.63) is 34.0 Å². The molecule has 1 fully saturated rings. The third-order valence-electron chi connectivity index (χ3n) is 2.87. The van der Waals surface area contributed by atoms with Crippen molar-refractivity contribution in [1.82, 2.24) is 15.0 Å². The molecule has 0 bridgehead atoms. The Bertz CT molecular complexity index is 607. The first-order chi connectivity index (χ1) is 9.52. The van der Waals surface area contributed by atoms with Crippen molar-refractivity contribution in [2.75, 3.05) is 5.32 Å². The van der Waals surface area contributed by atoms with Gasteiger partial charge in [0.2, 0.25) is 5.95 Å². The van der Waals surface area contributed by atoms with Gasteiger partial charge in [-0.05, 0) is 18.9 Å². The molecule has 0 radical (unpaired) electrons. The SMILES string of the molecule is FC(F)(F)c1ccnc(NCc2csc(C3CC3)n2)n1. The molecule has 1 aliphatic carbocycles. The summed E-state index contributed by atoms with van der Waals surface area (Å²) >= 11 is 1.59. The lowest BCUT2D eigenvalue weighted by Crippen LogP contribution is -2.11. The Kier molecular flexibility index (Phi) is 3.33. The molecule has 0 atom stereocenters. The molecule has 2 aromatic rings. The molecule has 3 rings (SSSR count). The Morgan fingerprint density at radius 2 is 2.10 bits per heavy atom. The first kappa shape index (κ1) is 13.3. The van der Waals surface area contributed by atoms with Gasteiger partial charge < -0.3 is 5.32 Å². The van der Waals surface area contributed by atoms with Crippen LogP contribution in [-0.4, -0.2) is 15.0 Å². The molecule has 0 aromatic carbocycles. The second-order valence-corrected chi connectivity index (χ2v) is 5.46. The molecule has 20 heavy (non-hydrogen) atoms. The van der Waals surface area contributed by atoms with Crippen LogP contribution in [-0.2, 0) is 12.7 Å². The van der Waals surface area contributed by atoms with E-state index in [-0.39, 0.29) is 5.95 Å². The molecule has 4 nitrogen and oxygen atoms in total. The molecule has 1 saturated carbocycles. The molecule has 0 amide bonds. The molecule has 1 aliphatic rings. The van der Waals surface area contributed by atoms with E-state index in [1.165, 1.54) is 12.8 Å². The molecule has 0 unspecified atom stereocenters. The van der Waals surface area contributed by atoms with Crippen molar-refractivity contribution in [2.24, 2.45) is 0 Å². The predicted octanol–water partition coefficient (Wildman–Crippen LogP) is 3.44. The fourth-order valence-corrected chi connectivity index (χ4v) is 2.68. The van der Waals surface area contributed by atoms with Gasteiger partial charge in [-0.2, -0.15) is 13.2 Å². The fourth-order valence-electron chi connectivity index (χ4n) is 1.69. The van der Waals surface area contributed by atoms with Crippen LogP contribution < -0.4 is 5.32 Å². The Morgan fingerprint density at radius 1 is 1.30 bits per heavy atom. The van der Waals surface area contributed by atoms with Crippen LogP contribution in [0.4, 0.5) is 19.1 Å². The van der Waals surface area contributed by atoms with E-state index in [1.807, 2.05) is 5.38 Å². The number of anilines is 1. The van der Waals surface area contributed by atoms with Crippen molar-refractivity contribution in [1.29, 1.82) is 0 Å². The molecule has 2 aromatic heterocycles. The van der Waals surface area contributed by atoms with E-state index in [4.69, 9.17) is 0 Å². The third kappa shape index (κ3) is 3.06. The Morgan fingerprint density at radius 3 is 2.80 bits per heavy atom. The summed E-state index contributed by atoms with van der Waals surface area (Å²) in [4.78, 5) is 11.7. The highest BCUT2D eigenvalue weighted by Gasteiger charge is 2.32. The highest BCUT2D eigenvalue weighted by molar-refractivity contribution is 7.09. The summed E-state index contributed by atoms with van der Waals surface area (Å²) in [6.07, 6.45) is -1.01. The van der Waals surface area contributed by atoms with Crippen molar-refractivity contribution < 1.29 is 13.2 Å². The average molecular weight is 300 g/mol. The van der Waals surface area contributed by atoms with Crippen molar-refractivity contribution in [2.45, 2.75) is 31.5 Å². The van der Waals surface area contributed by atoms with Crippen LogP contribution in [0.15, 0.2) is 17.6 Å². The monoisotopic (exact) mass is 300 g/mol. The highest BCUT2D eigenvalue weighted by atomic mass is 32.1. The first-order valence-corrected chi connectivity index (χ1v) is 6.99. The predicted molar refractivity (Wildman–Crippen MR) is 68.4 cm³/mol. The van der Waals surface area contributed by atoms with Crippen LogP contribution in [0, 0.1) is 0 Å². The maximum Gasteiger partial charge on any atom is 0.433 e. The third-order valence-corrected chi connectivity index (χ3v) is 3.93. The minimum atomic E-state index is -4.46. The highest BCUT2D eigenvalue weighted by Crippen LogP contribution is 2.41. The zero-order valence-electron chi connectivity index (χ0n) is 10.3. The van der Waals surface area contributed by atoms with Gasteiger partial charge in [0.05, 0.1) is 17.2 Å². The molecule has 2 heterocycles. The summed E-state index contributed by atoms with van der Waals surface area (Å²) in [6, 6.07) is 0.846. The number of nitrogens with zero attached hydrogens (tertiary/aromatic N) is 3. The maximum atomic E-state index is 12.5. The van der Waals surface area contributed by atoms with Gasteiger partial charge in [-0.25, -0.2) is 15.0 Å². The van der Waals surface area contributed by atoms with Gasteiger partial charge in [0.15, 0.2) is 0 Å². The first-order valence-electron chi connectivity index (χ1n) is 6.11. The largest absolute Gasteiger partial charge is 0.433 e. The second kappa shape index (κ2) is 5.01. The van der Waals surface area contributed by atoms with E-state index in [1.54, 1.807) is 11.3 Å². The molecule has 8 heteroatoms. The number of thiazole rings is 1. The fraction of sp³-hybridized carbons (Fsp3) is 0.417. The lowest BCUT2D eigenvalue weighted by molar-refractivity contribution is -0.141. The van der Waals surface area contributed by atoms with Gasteiger partial charge in [-0.3, -0.25) is 0 Å². The summed E-state index contributed by atoms with van der Waals surface area (Å²) in [5.41, 5.74) is -0.148. The molecule has 1 N–H and O–H groups in total. The number of alkyl halides is 3. The Hall–Kier alpha value is -1.70. The summed E-state index contributed by atoms with van der Waals surface area (Å²) in [7, 11) is 0. The van der Waals surface area contributed by atoms with E-state index in [0.717, 1.165) is 23.0 Å². The van der Waals surface area contributed by atoms with Crippen molar-refractivity contribution in [3.8, 4) is 0 Å². The zero-order valence-corrected chi connectivity index (χ0v) is 11.1. The lowest BCUT2D eigenvalue weighted by Gasteiger charge is -2.07. The van der Waals surface area contributed by atoms with Gasteiger partial charge >= 0.3 is 6.18 Å². The van der Waals surface area contributed by atoms with Gasteiger partial charge in [-0.15, -0.1) is 11.3 Å². The van der Waals surface area contributed by atoms with Crippen LogP contribution in [0.2, 0.25) is 0 Å². The lowest BCUT2D eigenvalue weighted by atomic mass is 10.4. The quantitative estimate of drug-likeness (QED) is 0.939. The molecule has 0 aliphatic heterocycles. The van der Waals surface area contributed by atoms with E-state index in [0.29, 0.717) is 12.5 Å². The minimum Gasteiger partial charge on any atom is -0.349 e. The standard InChI is InChI=1S/C12H11F3N4S/c13-12(14,15)9-3-4-16-11(19-9)17-5-8-6-20-10(18-8)7-1-2-7/h3-4,6-7H,1-2,5H2,(H,16,17,19). The van der Waals surface area contributed by atoms with E-state index < -0.39 is 11.9 Å². The number of aromatic nitrogens is 3. The number of hydrogen-bond acceptors (Lipinski definition) is 5. The van der Waals surface area contributed by atoms with Gasteiger partial charge in [0.1, 0.15) is 5.69 Å². The Balaban J connectivity index is 1.65. The molecule has 106 valence electrons. The maximum absolute atomic E-state index is 12.5. The molecular weight excluding hydrogens is 289 g/mol. The van der Waals surface area contributed by atoms with E-state index in [2.05, 4.69) is 20.3 Å². The number of halogens is 3. The normalized spacial score (nSPS) is 15.3. The summed E-state index contributed by atoms with van der Waals surface area (Å²) in [5.74, 6) is 0.541. The zero-order chi connectivity index (χ0) is 14.2. The van der Waals surface area contributed by atoms with Crippen molar-refractivity contribution >= 4 is 17.3 Å². The molecule has 0 saturated heterocycles. The summed E-state index contributed by atoms with van der Waals surface area (Å²) in [5, 5.41) is 5.78.